The van der Waals surface area contributed by atoms with Crippen LogP contribution in [-0.2, 0) is 4.79 Å². The van der Waals surface area contributed by atoms with Crippen LogP contribution in [0.5, 0.6) is 11.5 Å². The van der Waals surface area contributed by atoms with Gasteiger partial charge in [0.15, 0.2) is 18.1 Å². The average molecular weight is 377 g/mol. The highest BCUT2D eigenvalue weighted by atomic mass is 35.5. The van der Waals surface area contributed by atoms with E-state index < -0.39 is 11.8 Å². The smallest absolute Gasteiger partial charge is 0.274 e. The molecule has 26 heavy (non-hydrogen) atoms. The van der Waals surface area contributed by atoms with E-state index in [9.17, 15) is 9.59 Å². The summed E-state index contributed by atoms with van der Waals surface area (Å²) in [6.45, 7) is 1.97. The van der Waals surface area contributed by atoms with Gasteiger partial charge in [0.1, 0.15) is 5.15 Å². The molecule has 136 valence electrons. The van der Waals surface area contributed by atoms with Crippen LogP contribution in [0, 0.1) is 0 Å². The molecule has 0 unspecified atom stereocenters. The van der Waals surface area contributed by atoms with Crippen LogP contribution in [0.25, 0.3) is 0 Å². The number of hydrogen-bond donors (Lipinski definition) is 2. The molecule has 0 aliphatic heterocycles. The minimum absolute atomic E-state index is 0.0924. The lowest BCUT2D eigenvalue weighted by molar-refractivity contribution is -0.119. The topological polar surface area (TPSA) is 116 Å². The van der Waals surface area contributed by atoms with E-state index in [1.54, 1.807) is 24.3 Å². The maximum atomic E-state index is 12.0. The van der Waals surface area contributed by atoms with Crippen molar-refractivity contribution in [3.8, 4) is 11.5 Å². The van der Waals surface area contributed by atoms with Crippen LogP contribution in [0.15, 0.2) is 41.6 Å². The number of pyridine rings is 1. The molecule has 0 saturated heterocycles. The van der Waals surface area contributed by atoms with E-state index in [1.165, 1.54) is 18.5 Å². The van der Waals surface area contributed by atoms with E-state index in [2.05, 4.69) is 15.5 Å². The van der Waals surface area contributed by atoms with E-state index in [0.717, 1.165) is 0 Å². The summed E-state index contributed by atoms with van der Waals surface area (Å²) in [7, 11) is 0. The van der Waals surface area contributed by atoms with Crippen molar-refractivity contribution in [2.75, 3.05) is 13.2 Å². The van der Waals surface area contributed by atoms with Gasteiger partial charge in [0, 0.05) is 6.20 Å². The maximum Gasteiger partial charge on any atom is 0.274 e. The molecule has 0 atom stereocenters. The number of carbonyl (C=O) groups excluding carboxylic acids is 2. The molecule has 8 nitrogen and oxygen atoms in total. The highest BCUT2D eigenvalue weighted by molar-refractivity contribution is 6.32. The van der Waals surface area contributed by atoms with E-state index >= 15 is 0 Å². The number of hydrazone groups is 1. The Morgan fingerprint density at radius 3 is 2.81 bits per heavy atom. The molecule has 0 spiro atoms. The van der Waals surface area contributed by atoms with Gasteiger partial charge in [-0.2, -0.15) is 5.10 Å². The lowest BCUT2D eigenvalue weighted by atomic mass is 10.2. The second-order valence-corrected chi connectivity index (χ2v) is 5.29. The predicted molar refractivity (Wildman–Crippen MR) is 96.6 cm³/mol. The normalized spacial score (nSPS) is 10.5. The number of aromatic nitrogens is 1. The number of amides is 2. The van der Waals surface area contributed by atoms with Crippen molar-refractivity contribution in [3.63, 3.8) is 0 Å². The monoisotopic (exact) mass is 376 g/mol. The zero-order valence-electron chi connectivity index (χ0n) is 13.9. The molecule has 0 radical (unpaired) electrons. The van der Waals surface area contributed by atoms with Crippen molar-refractivity contribution in [1.82, 2.24) is 10.4 Å². The van der Waals surface area contributed by atoms with Crippen molar-refractivity contribution in [2.45, 2.75) is 6.92 Å². The van der Waals surface area contributed by atoms with Crippen LogP contribution in [0.1, 0.15) is 22.8 Å². The molecule has 0 fully saturated rings. The number of nitrogens with two attached hydrogens (primary N) is 1. The summed E-state index contributed by atoms with van der Waals surface area (Å²) in [5.74, 6) is -0.256. The van der Waals surface area contributed by atoms with E-state index in [-0.39, 0.29) is 17.3 Å². The van der Waals surface area contributed by atoms with Crippen LogP contribution in [0.2, 0.25) is 5.15 Å². The summed E-state index contributed by atoms with van der Waals surface area (Å²) in [4.78, 5) is 26.7. The Morgan fingerprint density at radius 2 is 2.12 bits per heavy atom. The van der Waals surface area contributed by atoms with Gasteiger partial charge in [0.2, 0.25) is 0 Å². The number of rotatable bonds is 8. The molecule has 0 aliphatic rings. The molecule has 0 saturated carbocycles. The molecule has 1 heterocycles. The maximum absolute atomic E-state index is 12.0. The first-order valence-electron chi connectivity index (χ1n) is 7.63. The van der Waals surface area contributed by atoms with Crippen molar-refractivity contribution >= 4 is 29.6 Å². The van der Waals surface area contributed by atoms with Gasteiger partial charge in [-0.15, -0.1) is 0 Å². The van der Waals surface area contributed by atoms with Crippen molar-refractivity contribution in [3.05, 3.63) is 52.8 Å². The molecular formula is C17H17ClN4O4. The van der Waals surface area contributed by atoms with Crippen molar-refractivity contribution < 1.29 is 19.1 Å². The Kier molecular flexibility index (Phi) is 6.92. The summed E-state index contributed by atoms with van der Waals surface area (Å²) in [6, 6.07) is 8.11. The van der Waals surface area contributed by atoms with Gasteiger partial charge >= 0.3 is 0 Å². The first-order chi connectivity index (χ1) is 12.5. The lowest BCUT2D eigenvalue weighted by Crippen LogP contribution is -2.20. The van der Waals surface area contributed by atoms with Crippen molar-refractivity contribution in [1.29, 1.82) is 0 Å². The third-order valence-electron chi connectivity index (χ3n) is 3.02. The third kappa shape index (κ3) is 5.45. The van der Waals surface area contributed by atoms with Crippen molar-refractivity contribution in [2.24, 2.45) is 10.8 Å². The average Bonchev–Trinajstić information content (AvgIpc) is 2.61. The number of carbonyl (C=O) groups is 2. The molecule has 0 aliphatic carbocycles. The highest BCUT2D eigenvalue weighted by Crippen LogP contribution is 2.28. The van der Waals surface area contributed by atoms with Gasteiger partial charge in [-0.05, 0) is 42.8 Å². The van der Waals surface area contributed by atoms with E-state index in [4.69, 9.17) is 26.8 Å². The van der Waals surface area contributed by atoms with Gasteiger partial charge in [-0.3, -0.25) is 9.59 Å². The minimum atomic E-state index is -0.588. The number of halogens is 1. The SMILES string of the molecule is CCOc1cc(C=NNC(=O)c2cccnc2Cl)ccc1OCC(N)=O. The number of nitrogens with zero attached hydrogens (tertiary/aromatic N) is 2. The zero-order chi connectivity index (χ0) is 18.9. The quantitative estimate of drug-likeness (QED) is 0.413. The van der Waals surface area contributed by atoms with Crippen LogP contribution in [0.3, 0.4) is 0 Å². The number of hydrogen-bond acceptors (Lipinski definition) is 6. The summed E-state index contributed by atoms with van der Waals surface area (Å²) in [6.07, 6.45) is 2.92. The molecule has 1 aromatic carbocycles. The van der Waals surface area contributed by atoms with Gasteiger partial charge in [0.25, 0.3) is 11.8 Å². The lowest BCUT2D eigenvalue weighted by Gasteiger charge is -2.11. The number of benzene rings is 1. The molecule has 0 bridgehead atoms. The summed E-state index contributed by atoms with van der Waals surface area (Å²) >= 11 is 5.85. The molecule has 3 N–H and O–H groups in total. The molecule has 1 aromatic heterocycles. The minimum Gasteiger partial charge on any atom is -0.490 e. The molecule has 2 aromatic rings. The van der Waals surface area contributed by atoms with Crippen LogP contribution < -0.4 is 20.6 Å². The van der Waals surface area contributed by atoms with Crippen LogP contribution >= 0.6 is 11.6 Å². The molecule has 2 rings (SSSR count). The predicted octanol–water partition coefficient (Wildman–Crippen LogP) is 1.76. The number of nitrogens with one attached hydrogen (secondary N) is 1. The fourth-order valence-electron chi connectivity index (χ4n) is 1.92. The van der Waals surface area contributed by atoms with Gasteiger partial charge < -0.3 is 15.2 Å². The fraction of sp³-hybridized carbons (Fsp3) is 0.176. The third-order valence-corrected chi connectivity index (χ3v) is 3.32. The fourth-order valence-corrected chi connectivity index (χ4v) is 2.13. The Labute approximate surface area is 155 Å². The standard InChI is InChI=1S/C17H17ClN4O4/c1-2-25-14-8-11(5-6-13(14)26-10-15(19)23)9-21-22-17(24)12-4-3-7-20-16(12)18/h3-9H,2,10H2,1H3,(H2,19,23)(H,22,24). The van der Waals surface area contributed by atoms with E-state index in [1.807, 2.05) is 6.92 Å². The first-order valence-corrected chi connectivity index (χ1v) is 8.01. The van der Waals surface area contributed by atoms with E-state index in [0.29, 0.717) is 23.7 Å². The largest absolute Gasteiger partial charge is 0.490 e. The Morgan fingerprint density at radius 1 is 1.31 bits per heavy atom. The highest BCUT2D eigenvalue weighted by Gasteiger charge is 2.10. The van der Waals surface area contributed by atoms with Gasteiger partial charge in [-0.1, -0.05) is 11.6 Å². The van der Waals surface area contributed by atoms with Gasteiger partial charge in [0.05, 0.1) is 18.4 Å². The number of primary amides is 1. The second-order valence-electron chi connectivity index (χ2n) is 4.94. The summed E-state index contributed by atoms with van der Waals surface area (Å²) < 4.78 is 10.8. The Balaban J connectivity index is 2.07. The van der Waals surface area contributed by atoms with Crippen LogP contribution in [-0.4, -0.2) is 36.2 Å². The molecular weight excluding hydrogens is 360 g/mol. The zero-order valence-corrected chi connectivity index (χ0v) is 14.7. The summed E-state index contributed by atoms with van der Waals surface area (Å²) in [5, 5.41) is 3.98. The summed E-state index contributed by atoms with van der Waals surface area (Å²) in [5.41, 5.74) is 8.30. The first kappa shape index (κ1) is 19.2. The van der Waals surface area contributed by atoms with Gasteiger partial charge in [-0.25, -0.2) is 10.4 Å². The van der Waals surface area contributed by atoms with Crippen LogP contribution in [0.4, 0.5) is 0 Å². The molecule has 2 amide bonds. The Bertz CT molecular complexity index is 826. The molecule has 9 heteroatoms. The second kappa shape index (κ2) is 9.38. The number of ether oxygens (including phenoxy) is 2. The Hall–Kier alpha value is -3.13.